The highest BCUT2D eigenvalue weighted by molar-refractivity contribution is 7.83. The Morgan fingerprint density at radius 1 is 0.900 bits per heavy atom. The first kappa shape index (κ1) is 16.6. The van der Waals surface area contributed by atoms with Crippen LogP contribution in [0.1, 0.15) is 0 Å². The quantitative estimate of drug-likeness (QED) is 0.322. The van der Waals surface area contributed by atoms with Gasteiger partial charge < -0.3 is 22.5 Å². The standard InChI is InChI=1S/C9H13N6OPS3/c10-7(18)13-5-1-3-6(4-2-5)17(16,14-8(11)19)15-9(12)20/h1-4H,(H3,10,13,18)(H6,11,12,14,15,16,19,20). The van der Waals surface area contributed by atoms with Crippen molar-refractivity contribution in [2.45, 2.75) is 0 Å². The number of nitrogens with two attached hydrogens (primary N) is 3. The summed E-state index contributed by atoms with van der Waals surface area (Å²) in [5, 5.41) is 7.95. The van der Waals surface area contributed by atoms with Gasteiger partial charge in [0.2, 0.25) is 0 Å². The van der Waals surface area contributed by atoms with E-state index in [2.05, 4.69) is 15.5 Å². The fourth-order valence-electron chi connectivity index (χ4n) is 1.36. The molecule has 0 aromatic heterocycles. The van der Waals surface area contributed by atoms with Gasteiger partial charge in [-0.3, -0.25) is 14.7 Å². The molecule has 9 N–H and O–H groups in total. The zero-order valence-corrected chi connectivity index (χ0v) is 13.5. The molecule has 20 heavy (non-hydrogen) atoms. The number of hydrogen-bond acceptors (Lipinski definition) is 4. The average molecular weight is 348 g/mol. The molecule has 1 rings (SSSR count). The van der Waals surface area contributed by atoms with Crippen LogP contribution in [0.5, 0.6) is 0 Å². The Bertz CT molecular complexity index is 570. The van der Waals surface area contributed by atoms with Crippen molar-refractivity contribution in [2.75, 3.05) is 5.32 Å². The molecule has 0 bridgehead atoms. The highest BCUT2D eigenvalue weighted by Crippen LogP contribution is 2.34. The van der Waals surface area contributed by atoms with Crippen LogP contribution in [0.2, 0.25) is 0 Å². The molecule has 0 aliphatic carbocycles. The molecular weight excluding hydrogens is 335 g/mol. The van der Waals surface area contributed by atoms with Crippen molar-refractivity contribution in [1.29, 1.82) is 0 Å². The SMILES string of the molecule is NC(=S)Nc1ccc(P(=O)(NC(N)=S)NC(N)=S)cc1. The first-order valence-corrected chi connectivity index (χ1v) is 8.08. The maximum absolute atomic E-state index is 12.7. The van der Waals surface area contributed by atoms with E-state index in [4.69, 9.17) is 53.9 Å². The average Bonchev–Trinajstić information content (AvgIpc) is 2.26. The molecule has 0 unspecified atom stereocenters. The molecule has 7 nitrogen and oxygen atoms in total. The Balaban J connectivity index is 3.08. The number of anilines is 1. The third kappa shape index (κ3) is 4.89. The smallest absolute Gasteiger partial charge is 0.291 e. The fourth-order valence-corrected chi connectivity index (χ4v) is 3.76. The van der Waals surface area contributed by atoms with E-state index >= 15 is 0 Å². The molecule has 0 fully saturated rings. The number of benzene rings is 1. The molecule has 0 aliphatic heterocycles. The third-order valence-corrected chi connectivity index (χ3v) is 4.78. The van der Waals surface area contributed by atoms with Gasteiger partial charge in [-0.15, -0.1) is 0 Å². The lowest BCUT2D eigenvalue weighted by Gasteiger charge is -2.21. The first-order valence-electron chi connectivity index (χ1n) is 5.15. The molecule has 0 radical (unpaired) electrons. The van der Waals surface area contributed by atoms with Crippen LogP contribution < -0.4 is 38.0 Å². The van der Waals surface area contributed by atoms with Gasteiger partial charge in [0.15, 0.2) is 15.3 Å². The van der Waals surface area contributed by atoms with Crippen LogP contribution in [-0.2, 0) is 4.57 Å². The van der Waals surface area contributed by atoms with Crippen molar-refractivity contribution in [2.24, 2.45) is 17.2 Å². The number of thiocarbonyl (C=S) groups is 3. The summed E-state index contributed by atoms with van der Waals surface area (Å²) in [6, 6.07) is 6.45. The minimum Gasteiger partial charge on any atom is -0.376 e. The summed E-state index contributed by atoms with van der Waals surface area (Å²) < 4.78 is 12.7. The van der Waals surface area contributed by atoms with Crippen molar-refractivity contribution in [1.82, 2.24) is 10.2 Å². The maximum atomic E-state index is 12.7. The Morgan fingerprint density at radius 3 is 1.70 bits per heavy atom. The Hall–Kier alpha value is -1.48. The van der Waals surface area contributed by atoms with Crippen LogP contribution in [-0.4, -0.2) is 15.3 Å². The van der Waals surface area contributed by atoms with Crippen molar-refractivity contribution < 1.29 is 4.57 Å². The minimum atomic E-state index is -3.36. The van der Waals surface area contributed by atoms with E-state index < -0.39 is 7.44 Å². The van der Waals surface area contributed by atoms with Gasteiger partial charge in [0.1, 0.15) is 0 Å². The molecule has 11 heteroatoms. The summed E-state index contributed by atoms with van der Waals surface area (Å²) in [6.07, 6.45) is 0. The van der Waals surface area contributed by atoms with Gasteiger partial charge >= 0.3 is 0 Å². The van der Waals surface area contributed by atoms with Crippen LogP contribution in [0.4, 0.5) is 5.69 Å². The first-order chi connectivity index (χ1) is 9.23. The lowest BCUT2D eigenvalue weighted by molar-refractivity contribution is 0.576. The lowest BCUT2D eigenvalue weighted by atomic mass is 10.3. The van der Waals surface area contributed by atoms with E-state index in [0.717, 1.165) is 0 Å². The zero-order valence-electron chi connectivity index (χ0n) is 10.1. The molecule has 0 amide bonds. The summed E-state index contributed by atoms with van der Waals surface area (Å²) in [5.74, 6) is 0. The van der Waals surface area contributed by atoms with Crippen molar-refractivity contribution in [3.8, 4) is 0 Å². The molecule has 0 heterocycles. The minimum absolute atomic E-state index is 0.128. The highest BCUT2D eigenvalue weighted by atomic mass is 32.1. The zero-order chi connectivity index (χ0) is 15.3. The summed E-state index contributed by atoms with van der Waals surface area (Å²) in [7, 11) is -3.36. The Labute approximate surface area is 132 Å². The van der Waals surface area contributed by atoms with Crippen LogP contribution in [0, 0.1) is 0 Å². The molecule has 1 aromatic carbocycles. The number of nitrogens with one attached hydrogen (secondary N) is 3. The van der Waals surface area contributed by atoms with Crippen LogP contribution in [0.25, 0.3) is 0 Å². The van der Waals surface area contributed by atoms with Crippen LogP contribution >= 0.6 is 44.1 Å². The normalized spacial score (nSPS) is 10.4. The second kappa shape index (κ2) is 6.80. The second-order valence-electron chi connectivity index (χ2n) is 3.60. The Morgan fingerprint density at radius 2 is 1.35 bits per heavy atom. The maximum Gasteiger partial charge on any atom is 0.291 e. The molecular formula is C9H13N6OPS3. The monoisotopic (exact) mass is 348 g/mol. The van der Waals surface area contributed by atoms with Crippen LogP contribution in [0.15, 0.2) is 24.3 Å². The third-order valence-electron chi connectivity index (χ3n) is 2.03. The fraction of sp³-hybridized carbons (Fsp3) is 0. The van der Waals surface area contributed by atoms with E-state index in [9.17, 15) is 4.57 Å². The van der Waals surface area contributed by atoms with Gasteiger partial charge in [-0.1, -0.05) is 0 Å². The van der Waals surface area contributed by atoms with Gasteiger partial charge in [0, 0.05) is 5.69 Å². The topological polar surface area (TPSA) is 131 Å². The van der Waals surface area contributed by atoms with Gasteiger partial charge in [0.05, 0.1) is 5.30 Å². The molecule has 0 saturated carbocycles. The Kier molecular flexibility index (Phi) is 5.63. The summed E-state index contributed by atoms with van der Waals surface area (Å²) in [4.78, 5) is 0. The molecule has 0 aliphatic rings. The summed E-state index contributed by atoms with van der Waals surface area (Å²) >= 11 is 14.1. The van der Waals surface area contributed by atoms with Crippen LogP contribution in [0.3, 0.4) is 0 Å². The molecule has 0 spiro atoms. The van der Waals surface area contributed by atoms with E-state index in [-0.39, 0.29) is 15.3 Å². The van der Waals surface area contributed by atoms with E-state index in [1.54, 1.807) is 24.3 Å². The summed E-state index contributed by atoms with van der Waals surface area (Å²) in [6.45, 7) is 0. The van der Waals surface area contributed by atoms with Gasteiger partial charge in [-0.05, 0) is 60.9 Å². The second-order valence-corrected chi connectivity index (χ2v) is 7.10. The van der Waals surface area contributed by atoms with E-state index in [1.807, 2.05) is 0 Å². The predicted molar refractivity (Wildman–Crippen MR) is 93.9 cm³/mol. The lowest BCUT2D eigenvalue weighted by Crippen LogP contribution is -2.40. The predicted octanol–water partition coefficient (Wildman–Crippen LogP) is -0.173. The van der Waals surface area contributed by atoms with Crippen molar-refractivity contribution in [3.63, 3.8) is 0 Å². The largest absolute Gasteiger partial charge is 0.376 e. The molecule has 108 valence electrons. The molecule has 0 atom stereocenters. The molecule has 0 saturated heterocycles. The van der Waals surface area contributed by atoms with Gasteiger partial charge in [-0.25, -0.2) is 0 Å². The van der Waals surface area contributed by atoms with Gasteiger partial charge in [-0.2, -0.15) is 0 Å². The number of hydrogen-bond donors (Lipinski definition) is 6. The molecule has 1 aromatic rings. The van der Waals surface area contributed by atoms with Crippen molar-refractivity contribution in [3.05, 3.63) is 24.3 Å². The van der Waals surface area contributed by atoms with E-state index in [0.29, 0.717) is 11.0 Å². The van der Waals surface area contributed by atoms with Crippen molar-refractivity contribution >= 4 is 70.4 Å². The number of rotatable bonds is 4. The van der Waals surface area contributed by atoms with E-state index in [1.165, 1.54) is 0 Å². The summed E-state index contributed by atoms with van der Waals surface area (Å²) in [5.41, 5.74) is 16.7. The van der Waals surface area contributed by atoms with Gasteiger partial charge in [0.25, 0.3) is 7.44 Å². The highest BCUT2D eigenvalue weighted by Gasteiger charge is 2.25.